The van der Waals surface area contributed by atoms with Gasteiger partial charge in [-0.3, -0.25) is 4.84 Å². The van der Waals surface area contributed by atoms with Gasteiger partial charge in [-0.1, -0.05) is 35.9 Å². The number of benzene rings is 2. The summed E-state index contributed by atoms with van der Waals surface area (Å²) in [6.07, 6.45) is 2.70. The topological polar surface area (TPSA) is 41.5 Å². The molecular formula is C19H21ClN4O. The molecule has 6 heteroatoms. The van der Waals surface area contributed by atoms with Crippen LogP contribution in [-0.2, 0) is 4.84 Å². The standard InChI is InChI=1S/C19H21ClN4O/c1-23(2)11-6-12-25-24(17-9-5-8-16(20)13-17)19-21-14-15-7-3-4-10-18(15)22-19/h3-5,7-10,13-14H,6,11-12H2,1-2H3. The Kier molecular flexibility index (Phi) is 5.81. The largest absolute Gasteiger partial charge is 0.309 e. The molecule has 1 aromatic heterocycles. The fourth-order valence-electron chi connectivity index (χ4n) is 2.45. The first-order valence-corrected chi connectivity index (χ1v) is 8.56. The highest BCUT2D eigenvalue weighted by Gasteiger charge is 2.14. The van der Waals surface area contributed by atoms with Gasteiger partial charge in [-0.2, -0.15) is 5.06 Å². The number of hydrogen-bond acceptors (Lipinski definition) is 5. The van der Waals surface area contributed by atoms with E-state index < -0.39 is 0 Å². The molecule has 3 aromatic rings. The minimum absolute atomic E-state index is 0.491. The quantitative estimate of drug-likeness (QED) is 0.466. The number of hydrogen-bond donors (Lipinski definition) is 0. The molecule has 0 saturated heterocycles. The molecule has 3 rings (SSSR count). The van der Waals surface area contributed by atoms with Gasteiger partial charge in [-0.05, 0) is 51.3 Å². The maximum absolute atomic E-state index is 6.14. The lowest BCUT2D eigenvalue weighted by molar-refractivity contribution is 0.124. The number of para-hydroxylation sites is 1. The van der Waals surface area contributed by atoms with Crippen LogP contribution < -0.4 is 5.06 Å². The van der Waals surface area contributed by atoms with E-state index in [1.807, 2.05) is 62.6 Å². The van der Waals surface area contributed by atoms with Crippen molar-refractivity contribution >= 4 is 34.1 Å². The van der Waals surface area contributed by atoms with Gasteiger partial charge in [0, 0.05) is 16.6 Å². The van der Waals surface area contributed by atoms with E-state index in [9.17, 15) is 0 Å². The van der Waals surface area contributed by atoms with Crippen LogP contribution in [0.15, 0.2) is 54.7 Å². The number of fused-ring (bicyclic) bond motifs is 1. The van der Waals surface area contributed by atoms with Crippen molar-refractivity contribution < 1.29 is 4.84 Å². The number of rotatable bonds is 7. The Morgan fingerprint density at radius 2 is 1.92 bits per heavy atom. The Morgan fingerprint density at radius 1 is 1.08 bits per heavy atom. The highest BCUT2D eigenvalue weighted by Crippen LogP contribution is 2.26. The molecule has 1 heterocycles. The van der Waals surface area contributed by atoms with Crippen LogP contribution in [0.2, 0.25) is 5.02 Å². The summed E-state index contributed by atoms with van der Waals surface area (Å²) in [6.45, 7) is 1.50. The second kappa shape index (κ2) is 8.25. The molecule has 0 aliphatic rings. The van der Waals surface area contributed by atoms with Crippen molar-refractivity contribution in [2.24, 2.45) is 0 Å². The summed E-state index contributed by atoms with van der Waals surface area (Å²) >= 11 is 6.14. The fraction of sp³-hybridized carbons (Fsp3) is 0.263. The van der Waals surface area contributed by atoms with Gasteiger partial charge in [0.1, 0.15) is 0 Å². The lowest BCUT2D eigenvalue weighted by Crippen LogP contribution is -2.23. The second-order valence-corrected chi connectivity index (χ2v) is 6.43. The lowest BCUT2D eigenvalue weighted by atomic mass is 10.2. The van der Waals surface area contributed by atoms with Crippen LogP contribution in [0, 0.1) is 0 Å². The van der Waals surface area contributed by atoms with Crippen molar-refractivity contribution in [1.82, 2.24) is 14.9 Å². The van der Waals surface area contributed by atoms with Crippen LogP contribution in [-0.4, -0.2) is 42.1 Å². The van der Waals surface area contributed by atoms with Crippen LogP contribution in [0.5, 0.6) is 0 Å². The minimum atomic E-state index is 0.491. The van der Waals surface area contributed by atoms with Crippen molar-refractivity contribution in [1.29, 1.82) is 0 Å². The Hall–Kier alpha value is -2.21. The van der Waals surface area contributed by atoms with Gasteiger partial charge in [-0.15, -0.1) is 0 Å². The molecule has 5 nitrogen and oxygen atoms in total. The monoisotopic (exact) mass is 356 g/mol. The first-order valence-electron chi connectivity index (χ1n) is 8.18. The summed E-state index contributed by atoms with van der Waals surface area (Å²) in [6, 6.07) is 15.4. The van der Waals surface area contributed by atoms with Gasteiger partial charge in [0.05, 0.1) is 17.8 Å². The predicted octanol–water partition coefficient (Wildman–Crippen LogP) is 4.30. The molecule has 0 aliphatic heterocycles. The molecule has 25 heavy (non-hydrogen) atoms. The predicted molar refractivity (Wildman–Crippen MR) is 102 cm³/mol. The third-order valence-electron chi connectivity index (χ3n) is 3.67. The van der Waals surface area contributed by atoms with E-state index in [2.05, 4.69) is 14.9 Å². The summed E-state index contributed by atoms with van der Waals surface area (Å²) in [5.41, 5.74) is 1.67. The Bertz CT molecular complexity index is 840. The molecule has 0 N–H and O–H groups in total. The molecule has 0 saturated carbocycles. The van der Waals surface area contributed by atoms with Crippen LogP contribution in [0.4, 0.5) is 11.6 Å². The average Bonchev–Trinajstić information content (AvgIpc) is 2.61. The molecule has 0 amide bonds. The summed E-state index contributed by atoms with van der Waals surface area (Å²) in [5.74, 6) is 0.491. The van der Waals surface area contributed by atoms with Gasteiger partial charge >= 0.3 is 0 Å². The second-order valence-electron chi connectivity index (χ2n) is 5.99. The molecular weight excluding hydrogens is 336 g/mol. The first kappa shape index (κ1) is 17.6. The van der Waals surface area contributed by atoms with E-state index in [1.54, 1.807) is 11.3 Å². The van der Waals surface area contributed by atoms with E-state index in [0.29, 0.717) is 17.6 Å². The number of halogens is 1. The van der Waals surface area contributed by atoms with Crippen LogP contribution in [0.25, 0.3) is 10.9 Å². The van der Waals surface area contributed by atoms with Crippen LogP contribution in [0.1, 0.15) is 6.42 Å². The van der Waals surface area contributed by atoms with E-state index in [1.165, 1.54) is 0 Å². The Balaban J connectivity index is 1.88. The Morgan fingerprint density at radius 3 is 2.72 bits per heavy atom. The zero-order chi connectivity index (χ0) is 17.6. The highest BCUT2D eigenvalue weighted by molar-refractivity contribution is 6.30. The molecule has 2 aromatic carbocycles. The molecule has 0 bridgehead atoms. The smallest absolute Gasteiger partial charge is 0.255 e. The van der Waals surface area contributed by atoms with Crippen molar-refractivity contribution in [2.75, 3.05) is 32.3 Å². The first-order chi connectivity index (χ1) is 12.1. The zero-order valence-corrected chi connectivity index (χ0v) is 15.1. The van der Waals surface area contributed by atoms with Gasteiger partial charge in [0.15, 0.2) is 0 Å². The zero-order valence-electron chi connectivity index (χ0n) is 14.4. The van der Waals surface area contributed by atoms with Gasteiger partial charge in [0.2, 0.25) is 0 Å². The maximum Gasteiger partial charge on any atom is 0.255 e. The molecule has 0 aliphatic carbocycles. The third kappa shape index (κ3) is 4.66. The van der Waals surface area contributed by atoms with Crippen molar-refractivity contribution in [3.63, 3.8) is 0 Å². The number of nitrogens with zero attached hydrogens (tertiary/aromatic N) is 4. The van der Waals surface area contributed by atoms with Crippen molar-refractivity contribution in [3.8, 4) is 0 Å². The van der Waals surface area contributed by atoms with E-state index >= 15 is 0 Å². The van der Waals surface area contributed by atoms with E-state index in [0.717, 1.165) is 29.6 Å². The Labute approximate surface area is 152 Å². The van der Waals surface area contributed by atoms with Gasteiger partial charge in [-0.25, -0.2) is 9.97 Å². The maximum atomic E-state index is 6.14. The number of anilines is 2. The van der Waals surface area contributed by atoms with Gasteiger partial charge < -0.3 is 4.90 Å². The summed E-state index contributed by atoms with van der Waals surface area (Å²) < 4.78 is 0. The molecule has 0 radical (unpaired) electrons. The molecule has 0 fully saturated rings. The van der Waals surface area contributed by atoms with E-state index in [4.69, 9.17) is 16.4 Å². The molecule has 0 unspecified atom stereocenters. The number of aromatic nitrogens is 2. The summed E-state index contributed by atoms with van der Waals surface area (Å²) in [4.78, 5) is 17.2. The molecule has 0 atom stereocenters. The highest BCUT2D eigenvalue weighted by atomic mass is 35.5. The lowest BCUT2D eigenvalue weighted by Gasteiger charge is -2.22. The molecule has 0 spiro atoms. The third-order valence-corrected chi connectivity index (χ3v) is 3.91. The fourth-order valence-corrected chi connectivity index (χ4v) is 2.63. The van der Waals surface area contributed by atoms with Crippen LogP contribution >= 0.6 is 11.6 Å². The SMILES string of the molecule is CN(C)CCCON(c1cccc(Cl)c1)c1ncc2ccccc2n1. The average molecular weight is 357 g/mol. The van der Waals surface area contributed by atoms with Crippen molar-refractivity contribution in [2.45, 2.75) is 6.42 Å². The summed E-state index contributed by atoms with van der Waals surface area (Å²) in [7, 11) is 4.09. The van der Waals surface area contributed by atoms with Crippen LogP contribution in [0.3, 0.4) is 0 Å². The van der Waals surface area contributed by atoms with Crippen molar-refractivity contribution in [3.05, 3.63) is 59.8 Å². The van der Waals surface area contributed by atoms with Gasteiger partial charge in [0.25, 0.3) is 5.95 Å². The normalized spacial score (nSPS) is 11.2. The minimum Gasteiger partial charge on any atom is -0.309 e. The van der Waals surface area contributed by atoms with E-state index in [-0.39, 0.29) is 0 Å². The summed E-state index contributed by atoms with van der Waals surface area (Å²) in [5, 5.41) is 3.28. The molecule has 130 valence electrons.